The van der Waals surface area contributed by atoms with E-state index < -0.39 is 6.29 Å². The highest BCUT2D eigenvalue weighted by atomic mass is 16.7. The van der Waals surface area contributed by atoms with Crippen LogP contribution in [0, 0.1) is 0 Å². The molecule has 0 radical (unpaired) electrons. The predicted octanol–water partition coefficient (Wildman–Crippen LogP) is 3.99. The second kappa shape index (κ2) is 5.99. The van der Waals surface area contributed by atoms with Crippen LogP contribution in [0.25, 0.3) is 10.9 Å². The molecule has 0 N–H and O–H groups in total. The lowest BCUT2D eigenvalue weighted by Crippen LogP contribution is -2.04. The minimum atomic E-state index is -0.406. The van der Waals surface area contributed by atoms with Crippen LogP contribution in [0.3, 0.4) is 0 Å². The number of nitrogens with zero attached hydrogens (tertiary/aromatic N) is 1. The van der Waals surface area contributed by atoms with Crippen LogP contribution < -0.4 is 4.74 Å². The van der Waals surface area contributed by atoms with E-state index >= 15 is 0 Å². The Balaban J connectivity index is 1.52. The van der Waals surface area contributed by atoms with Crippen LogP contribution in [-0.2, 0) is 22.7 Å². The molecule has 0 bridgehead atoms. The summed E-state index contributed by atoms with van der Waals surface area (Å²) in [5.74, 6) is 0.837. The van der Waals surface area contributed by atoms with Crippen molar-refractivity contribution >= 4 is 10.9 Å². The third-order valence-corrected chi connectivity index (χ3v) is 4.01. The van der Waals surface area contributed by atoms with E-state index in [0.29, 0.717) is 13.2 Å². The SMILES string of the molecule is COc1ccc(COC2OCc3cc4ccccc4nc32)cc1. The van der Waals surface area contributed by atoms with E-state index in [-0.39, 0.29) is 0 Å². The third-order valence-electron chi connectivity index (χ3n) is 4.01. The largest absolute Gasteiger partial charge is 0.497 e. The number of para-hydroxylation sites is 1. The van der Waals surface area contributed by atoms with Gasteiger partial charge >= 0.3 is 0 Å². The molecule has 0 fully saturated rings. The number of hydrogen-bond acceptors (Lipinski definition) is 4. The van der Waals surface area contributed by atoms with E-state index in [2.05, 4.69) is 12.1 Å². The molecule has 1 aromatic heterocycles. The molecule has 23 heavy (non-hydrogen) atoms. The van der Waals surface area contributed by atoms with Gasteiger partial charge in [-0.05, 0) is 29.8 Å². The summed E-state index contributed by atoms with van der Waals surface area (Å²) in [5.41, 5.74) is 4.03. The quantitative estimate of drug-likeness (QED) is 0.731. The number of benzene rings is 2. The Hall–Kier alpha value is -2.43. The molecule has 4 nitrogen and oxygen atoms in total. The number of methoxy groups -OCH3 is 1. The van der Waals surface area contributed by atoms with Crippen LogP contribution in [0.5, 0.6) is 5.75 Å². The smallest absolute Gasteiger partial charge is 0.202 e. The zero-order valence-corrected chi connectivity index (χ0v) is 12.9. The maximum absolute atomic E-state index is 5.91. The molecular weight excluding hydrogens is 290 g/mol. The molecule has 1 atom stereocenters. The Morgan fingerprint density at radius 3 is 2.78 bits per heavy atom. The van der Waals surface area contributed by atoms with Gasteiger partial charge in [0.15, 0.2) is 0 Å². The van der Waals surface area contributed by atoms with Gasteiger partial charge in [-0.15, -0.1) is 0 Å². The fourth-order valence-corrected chi connectivity index (χ4v) is 2.76. The van der Waals surface area contributed by atoms with E-state index in [0.717, 1.165) is 33.5 Å². The van der Waals surface area contributed by atoms with Gasteiger partial charge in [0.2, 0.25) is 6.29 Å². The maximum Gasteiger partial charge on any atom is 0.202 e. The van der Waals surface area contributed by atoms with Crippen molar-refractivity contribution < 1.29 is 14.2 Å². The first-order valence-electron chi connectivity index (χ1n) is 7.58. The van der Waals surface area contributed by atoms with Gasteiger partial charge in [0.25, 0.3) is 0 Å². The number of hydrogen-bond donors (Lipinski definition) is 0. The minimum absolute atomic E-state index is 0.406. The molecular formula is C19H17NO3. The Bertz CT molecular complexity index is 830. The number of rotatable bonds is 4. The second-order valence-corrected chi connectivity index (χ2v) is 5.53. The Kier molecular flexibility index (Phi) is 3.69. The van der Waals surface area contributed by atoms with Crippen molar-refractivity contribution in [2.24, 2.45) is 0 Å². The average molecular weight is 307 g/mol. The number of aromatic nitrogens is 1. The minimum Gasteiger partial charge on any atom is -0.497 e. The van der Waals surface area contributed by atoms with Crippen LogP contribution in [-0.4, -0.2) is 12.1 Å². The number of ether oxygens (including phenoxy) is 3. The van der Waals surface area contributed by atoms with Crippen LogP contribution in [0.2, 0.25) is 0 Å². The molecule has 116 valence electrons. The summed E-state index contributed by atoms with van der Waals surface area (Å²) in [5, 5.41) is 1.13. The van der Waals surface area contributed by atoms with Crippen LogP contribution in [0.4, 0.5) is 0 Å². The lowest BCUT2D eigenvalue weighted by Gasteiger charge is -2.12. The first-order chi connectivity index (χ1) is 11.3. The van der Waals surface area contributed by atoms with Gasteiger partial charge in [-0.2, -0.15) is 0 Å². The highest BCUT2D eigenvalue weighted by Gasteiger charge is 2.26. The van der Waals surface area contributed by atoms with Gasteiger partial charge in [-0.3, -0.25) is 0 Å². The normalized spacial score (nSPS) is 16.5. The predicted molar refractivity (Wildman–Crippen MR) is 87.1 cm³/mol. The van der Waals surface area contributed by atoms with Crippen molar-refractivity contribution in [1.29, 1.82) is 0 Å². The zero-order chi connectivity index (χ0) is 15.6. The molecule has 2 aromatic carbocycles. The molecule has 1 aliphatic heterocycles. The van der Waals surface area contributed by atoms with Crippen molar-refractivity contribution in [3.8, 4) is 5.75 Å². The molecule has 0 saturated heterocycles. The molecule has 2 heterocycles. The fourth-order valence-electron chi connectivity index (χ4n) is 2.76. The van der Waals surface area contributed by atoms with Crippen molar-refractivity contribution in [3.05, 3.63) is 71.4 Å². The van der Waals surface area contributed by atoms with Gasteiger partial charge < -0.3 is 14.2 Å². The zero-order valence-electron chi connectivity index (χ0n) is 12.9. The van der Waals surface area contributed by atoms with Gasteiger partial charge in [0.1, 0.15) is 11.4 Å². The molecule has 4 heteroatoms. The van der Waals surface area contributed by atoms with Crippen molar-refractivity contribution in [3.63, 3.8) is 0 Å². The Morgan fingerprint density at radius 2 is 1.96 bits per heavy atom. The first kappa shape index (κ1) is 14.2. The van der Waals surface area contributed by atoms with Crippen LogP contribution in [0.1, 0.15) is 23.1 Å². The summed E-state index contributed by atoms with van der Waals surface area (Å²) in [4.78, 5) is 4.71. The van der Waals surface area contributed by atoms with Crippen molar-refractivity contribution in [2.75, 3.05) is 7.11 Å². The summed E-state index contributed by atoms with van der Waals surface area (Å²) in [6, 6.07) is 18.0. The molecule has 0 spiro atoms. The molecule has 4 rings (SSSR count). The first-order valence-corrected chi connectivity index (χ1v) is 7.58. The summed E-state index contributed by atoms with van der Waals surface area (Å²) < 4.78 is 16.8. The topological polar surface area (TPSA) is 40.6 Å². The monoisotopic (exact) mass is 307 g/mol. The third kappa shape index (κ3) is 2.79. The summed E-state index contributed by atoms with van der Waals surface area (Å²) >= 11 is 0. The van der Waals surface area contributed by atoms with E-state index in [1.165, 1.54) is 0 Å². The van der Waals surface area contributed by atoms with Crippen LogP contribution in [0.15, 0.2) is 54.6 Å². The van der Waals surface area contributed by atoms with Gasteiger partial charge in [0, 0.05) is 10.9 Å². The van der Waals surface area contributed by atoms with E-state index in [1.807, 2.05) is 42.5 Å². The number of pyridine rings is 1. The average Bonchev–Trinajstić information content (AvgIpc) is 3.00. The second-order valence-electron chi connectivity index (χ2n) is 5.53. The lowest BCUT2D eigenvalue weighted by atomic mass is 10.1. The molecule has 0 amide bonds. The van der Waals surface area contributed by atoms with Crippen LogP contribution >= 0.6 is 0 Å². The summed E-state index contributed by atoms with van der Waals surface area (Å²) in [7, 11) is 1.66. The maximum atomic E-state index is 5.91. The molecule has 1 aliphatic rings. The summed E-state index contributed by atoms with van der Waals surface area (Å²) in [6.45, 7) is 1.02. The van der Waals surface area contributed by atoms with Gasteiger partial charge in [-0.25, -0.2) is 4.98 Å². The molecule has 1 unspecified atom stereocenters. The van der Waals surface area contributed by atoms with Gasteiger partial charge in [0.05, 0.1) is 25.8 Å². The Morgan fingerprint density at radius 1 is 1.13 bits per heavy atom. The highest BCUT2D eigenvalue weighted by Crippen LogP contribution is 2.32. The van der Waals surface area contributed by atoms with Crippen molar-refractivity contribution in [1.82, 2.24) is 4.98 Å². The standard InChI is InChI=1S/C19H17NO3/c1-21-16-8-6-13(7-9-16)11-22-19-18-15(12-23-19)10-14-4-2-3-5-17(14)20-18/h2-10,19H,11-12H2,1H3. The molecule has 3 aromatic rings. The highest BCUT2D eigenvalue weighted by molar-refractivity contribution is 5.79. The summed E-state index contributed by atoms with van der Waals surface area (Å²) in [6.07, 6.45) is -0.406. The fraction of sp³-hybridized carbons (Fsp3) is 0.211. The van der Waals surface area contributed by atoms with Gasteiger partial charge in [-0.1, -0.05) is 30.3 Å². The Labute approximate surface area is 134 Å². The molecule has 0 saturated carbocycles. The van der Waals surface area contributed by atoms with E-state index in [9.17, 15) is 0 Å². The van der Waals surface area contributed by atoms with Crippen molar-refractivity contribution in [2.45, 2.75) is 19.5 Å². The van der Waals surface area contributed by atoms with E-state index in [1.54, 1.807) is 7.11 Å². The lowest BCUT2D eigenvalue weighted by molar-refractivity contribution is -0.147. The molecule has 0 aliphatic carbocycles. The van der Waals surface area contributed by atoms with E-state index in [4.69, 9.17) is 19.2 Å². The number of fused-ring (bicyclic) bond motifs is 2.